The van der Waals surface area contributed by atoms with Crippen LogP contribution in [0, 0.1) is 5.82 Å². The fourth-order valence-electron chi connectivity index (χ4n) is 2.93. The average Bonchev–Trinajstić information content (AvgIpc) is 3.48. The second-order valence-corrected chi connectivity index (χ2v) is 7.03. The van der Waals surface area contributed by atoms with Crippen molar-refractivity contribution in [3.8, 4) is 28.4 Å². The van der Waals surface area contributed by atoms with E-state index in [2.05, 4.69) is 15.4 Å². The van der Waals surface area contributed by atoms with Crippen LogP contribution >= 0.6 is 11.3 Å². The number of fused-ring (bicyclic) bond motifs is 1. The molecule has 0 atom stereocenters. The van der Waals surface area contributed by atoms with Gasteiger partial charge in [0.05, 0.1) is 5.69 Å². The molecule has 1 amide bonds. The molecule has 5 rings (SSSR count). The molecule has 0 fully saturated rings. The molecule has 0 saturated carbocycles. The number of rotatable bonds is 4. The minimum Gasteiger partial charge on any atom is -0.454 e. The Kier molecular flexibility index (Phi) is 4.21. The van der Waals surface area contributed by atoms with Crippen LogP contribution < -0.4 is 14.8 Å². The first-order valence-corrected chi connectivity index (χ1v) is 9.52. The highest BCUT2D eigenvalue weighted by Crippen LogP contribution is 2.36. The Labute approximate surface area is 168 Å². The zero-order valence-electron chi connectivity index (χ0n) is 14.8. The van der Waals surface area contributed by atoms with Crippen LogP contribution in [0.2, 0.25) is 0 Å². The largest absolute Gasteiger partial charge is 0.454 e. The van der Waals surface area contributed by atoms with E-state index < -0.39 is 11.7 Å². The Morgan fingerprint density at radius 2 is 2.07 bits per heavy atom. The van der Waals surface area contributed by atoms with Crippen molar-refractivity contribution in [3.05, 3.63) is 71.6 Å². The smallest absolute Gasteiger partial charge is 0.257 e. The SMILES string of the molecule is O=C(Nc1nc(-c2ccc3c(c2)OCO3)cs1)c1ccc(-n2cccn2)c(F)c1. The highest BCUT2D eigenvalue weighted by molar-refractivity contribution is 7.14. The van der Waals surface area contributed by atoms with Gasteiger partial charge in [-0.25, -0.2) is 14.1 Å². The molecular formula is C20H13FN4O3S. The minimum absolute atomic E-state index is 0.193. The highest BCUT2D eigenvalue weighted by Gasteiger charge is 2.16. The number of hydrogen-bond acceptors (Lipinski definition) is 6. The summed E-state index contributed by atoms with van der Waals surface area (Å²) in [5.41, 5.74) is 2.01. The summed E-state index contributed by atoms with van der Waals surface area (Å²) >= 11 is 1.28. The van der Waals surface area contributed by atoms with Crippen LogP contribution in [-0.2, 0) is 0 Å². The molecule has 1 aliphatic heterocycles. The van der Waals surface area contributed by atoms with Crippen LogP contribution in [0.25, 0.3) is 16.9 Å². The van der Waals surface area contributed by atoms with Crippen molar-refractivity contribution in [1.29, 1.82) is 0 Å². The molecule has 29 heavy (non-hydrogen) atoms. The van der Waals surface area contributed by atoms with Crippen LogP contribution in [0.1, 0.15) is 10.4 Å². The predicted octanol–water partition coefficient (Wildman–Crippen LogP) is 4.12. The number of ether oxygens (including phenoxy) is 2. The van der Waals surface area contributed by atoms with Crippen molar-refractivity contribution in [2.45, 2.75) is 0 Å². The topological polar surface area (TPSA) is 78.3 Å². The van der Waals surface area contributed by atoms with E-state index in [9.17, 15) is 9.18 Å². The lowest BCUT2D eigenvalue weighted by molar-refractivity contribution is 0.102. The number of nitrogens with zero attached hydrogens (tertiary/aromatic N) is 3. The van der Waals surface area contributed by atoms with Gasteiger partial charge >= 0.3 is 0 Å². The molecule has 0 spiro atoms. The minimum atomic E-state index is -0.540. The highest BCUT2D eigenvalue weighted by atomic mass is 32.1. The number of carbonyl (C=O) groups is 1. The van der Waals surface area contributed by atoms with E-state index in [1.54, 1.807) is 24.5 Å². The van der Waals surface area contributed by atoms with Gasteiger partial charge in [-0.2, -0.15) is 5.10 Å². The molecule has 7 nitrogen and oxygen atoms in total. The van der Waals surface area contributed by atoms with Crippen LogP contribution in [0.3, 0.4) is 0 Å². The Morgan fingerprint density at radius 1 is 1.17 bits per heavy atom. The Bertz CT molecular complexity index is 1210. The summed E-state index contributed by atoms with van der Waals surface area (Å²) in [7, 11) is 0. The van der Waals surface area contributed by atoms with Gasteiger partial charge < -0.3 is 9.47 Å². The van der Waals surface area contributed by atoms with Crippen molar-refractivity contribution >= 4 is 22.4 Å². The fourth-order valence-corrected chi connectivity index (χ4v) is 3.65. The third-order valence-electron chi connectivity index (χ3n) is 4.35. The number of amides is 1. The molecule has 0 saturated heterocycles. The van der Waals surface area contributed by atoms with Gasteiger partial charge in [0.1, 0.15) is 11.5 Å². The summed E-state index contributed by atoms with van der Waals surface area (Å²) in [6.07, 6.45) is 3.19. The first-order chi connectivity index (χ1) is 14.2. The predicted molar refractivity (Wildman–Crippen MR) is 105 cm³/mol. The van der Waals surface area contributed by atoms with Gasteiger partial charge in [0, 0.05) is 28.9 Å². The lowest BCUT2D eigenvalue weighted by Crippen LogP contribution is -2.12. The fraction of sp³-hybridized carbons (Fsp3) is 0.0500. The molecule has 3 heterocycles. The Hall–Kier alpha value is -3.72. The third-order valence-corrected chi connectivity index (χ3v) is 5.11. The maximum Gasteiger partial charge on any atom is 0.257 e. The summed E-state index contributed by atoms with van der Waals surface area (Å²) in [6, 6.07) is 11.5. The van der Waals surface area contributed by atoms with Gasteiger partial charge in [0.2, 0.25) is 6.79 Å². The number of thiazole rings is 1. The van der Waals surface area contributed by atoms with Crippen LogP contribution in [0.5, 0.6) is 11.5 Å². The van der Waals surface area contributed by atoms with E-state index in [0.717, 1.165) is 5.56 Å². The molecule has 1 N–H and O–H groups in total. The lowest BCUT2D eigenvalue weighted by Gasteiger charge is -2.06. The lowest BCUT2D eigenvalue weighted by atomic mass is 10.1. The summed E-state index contributed by atoms with van der Waals surface area (Å²) in [5, 5.41) is 8.94. The summed E-state index contributed by atoms with van der Waals surface area (Å²) in [4.78, 5) is 16.9. The van der Waals surface area contributed by atoms with Gasteiger partial charge in [-0.05, 0) is 42.5 Å². The van der Waals surface area contributed by atoms with E-state index in [1.165, 1.54) is 28.2 Å². The van der Waals surface area contributed by atoms with Gasteiger partial charge in [0.25, 0.3) is 5.91 Å². The summed E-state index contributed by atoms with van der Waals surface area (Å²) < 4.78 is 26.5. The first kappa shape index (κ1) is 17.4. The number of carbonyl (C=O) groups excluding carboxylic acids is 1. The zero-order valence-corrected chi connectivity index (χ0v) is 15.6. The number of aromatic nitrogens is 3. The normalized spacial score (nSPS) is 12.2. The molecule has 144 valence electrons. The monoisotopic (exact) mass is 408 g/mol. The molecule has 2 aromatic carbocycles. The van der Waals surface area contributed by atoms with Gasteiger partial charge in [-0.3, -0.25) is 10.1 Å². The standard InChI is InChI=1S/C20H13FN4O3S/c21-14-8-13(2-4-16(14)25-7-1-6-22-25)19(26)24-20-23-15(10-29-20)12-3-5-17-18(9-12)28-11-27-17/h1-10H,11H2,(H,23,24,26). The quantitative estimate of drug-likeness (QED) is 0.550. The van der Waals surface area contributed by atoms with Crippen LogP contribution in [0.15, 0.2) is 60.2 Å². The molecule has 2 aromatic heterocycles. The van der Waals surface area contributed by atoms with Gasteiger partial charge in [-0.15, -0.1) is 11.3 Å². The Morgan fingerprint density at radius 3 is 2.90 bits per heavy atom. The molecule has 1 aliphatic rings. The molecule has 4 aromatic rings. The van der Waals surface area contributed by atoms with E-state index in [0.29, 0.717) is 22.3 Å². The van der Waals surface area contributed by atoms with E-state index in [-0.39, 0.29) is 18.0 Å². The second kappa shape index (κ2) is 7.02. The van der Waals surface area contributed by atoms with Crippen LogP contribution in [-0.4, -0.2) is 27.5 Å². The van der Waals surface area contributed by atoms with Crippen molar-refractivity contribution in [2.24, 2.45) is 0 Å². The maximum atomic E-state index is 14.4. The second-order valence-electron chi connectivity index (χ2n) is 6.18. The molecule has 0 bridgehead atoms. The number of nitrogens with one attached hydrogen (secondary N) is 1. The van der Waals surface area contributed by atoms with Gasteiger partial charge in [0.15, 0.2) is 16.6 Å². The number of halogens is 1. The number of hydrogen-bond donors (Lipinski definition) is 1. The van der Waals surface area contributed by atoms with E-state index in [1.807, 2.05) is 23.6 Å². The van der Waals surface area contributed by atoms with Crippen molar-refractivity contribution in [1.82, 2.24) is 14.8 Å². The molecular weight excluding hydrogens is 395 g/mol. The average molecular weight is 408 g/mol. The van der Waals surface area contributed by atoms with Crippen molar-refractivity contribution in [3.63, 3.8) is 0 Å². The van der Waals surface area contributed by atoms with E-state index >= 15 is 0 Å². The maximum absolute atomic E-state index is 14.4. The molecule has 0 unspecified atom stereocenters. The Balaban J connectivity index is 1.33. The summed E-state index contributed by atoms with van der Waals surface area (Å²) in [5.74, 6) is 0.371. The number of anilines is 1. The van der Waals surface area contributed by atoms with Crippen molar-refractivity contribution < 1.29 is 18.7 Å². The first-order valence-electron chi connectivity index (χ1n) is 8.64. The van der Waals surface area contributed by atoms with E-state index in [4.69, 9.17) is 9.47 Å². The number of benzene rings is 2. The summed E-state index contributed by atoms with van der Waals surface area (Å²) in [6.45, 7) is 0.201. The van der Waals surface area contributed by atoms with Gasteiger partial charge in [-0.1, -0.05) is 0 Å². The van der Waals surface area contributed by atoms with Crippen LogP contribution in [0.4, 0.5) is 9.52 Å². The molecule has 0 radical (unpaired) electrons. The zero-order chi connectivity index (χ0) is 19.8. The third kappa shape index (κ3) is 3.32. The molecule has 0 aliphatic carbocycles. The van der Waals surface area contributed by atoms with Crippen molar-refractivity contribution in [2.75, 3.05) is 12.1 Å². The molecule has 9 heteroatoms.